The van der Waals surface area contributed by atoms with Crippen LogP contribution in [0.5, 0.6) is 0 Å². The summed E-state index contributed by atoms with van der Waals surface area (Å²) < 4.78 is 0. The van der Waals surface area contributed by atoms with Crippen molar-refractivity contribution in [2.45, 2.75) is 51.5 Å². The van der Waals surface area contributed by atoms with Crippen LogP contribution in [0.2, 0.25) is 5.09 Å². The summed E-state index contributed by atoms with van der Waals surface area (Å²) in [5, 5.41) is 1.35. The first-order valence-corrected chi connectivity index (χ1v) is 5.20. The first kappa shape index (κ1) is 11.6. The summed E-state index contributed by atoms with van der Waals surface area (Å²) in [5.74, 6) is 1.89. The normalized spacial score (nSPS) is 16.5. The summed E-state index contributed by atoms with van der Waals surface area (Å²) in [5.41, 5.74) is 0. The topological polar surface area (TPSA) is 0 Å². The van der Waals surface area contributed by atoms with E-state index < -0.39 is 0 Å². The van der Waals surface area contributed by atoms with Crippen molar-refractivity contribution in [1.82, 2.24) is 0 Å². The van der Waals surface area contributed by atoms with Crippen LogP contribution in [0.1, 0.15) is 46.5 Å². The van der Waals surface area contributed by atoms with E-state index in [0.29, 0.717) is 0 Å². The van der Waals surface area contributed by atoms with Gasteiger partial charge in [0.1, 0.15) is 0 Å². The average Bonchev–Trinajstić information content (AvgIpc) is 2.04. The van der Waals surface area contributed by atoms with Gasteiger partial charge in [-0.25, -0.2) is 0 Å². The van der Waals surface area contributed by atoms with E-state index in [4.69, 9.17) is 0 Å². The van der Waals surface area contributed by atoms with E-state index in [0.717, 1.165) is 11.8 Å². The minimum absolute atomic E-state index is 0.944. The van der Waals surface area contributed by atoms with E-state index in [1.54, 1.807) is 0 Å². The molecule has 0 spiro atoms. The van der Waals surface area contributed by atoms with Crippen molar-refractivity contribution in [3.8, 4) is 0 Å². The van der Waals surface area contributed by atoms with Gasteiger partial charge in [0.05, 0.1) is 0 Å². The maximum atomic E-state index is 2.36. The van der Waals surface area contributed by atoms with Crippen LogP contribution in [0.15, 0.2) is 0 Å². The predicted molar refractivity (Wildman–Crippen MR) is 53.0 cm³/mol. The van der Waals surface area contributed by atoms with Crippen molar-refractivity contribution in [3.05, 3.63) is 0 Å². The molecule has 0 aromatic rings. The van der Waals surface area contributed by atoms with E-state index in [2.05, 4.69) is 38.5 Å². The molecule has 0 saturated carbocycles. The van der Waals surface area contributed by atoms with E-state index >= 15 is 0 Å². The molecule has 0 radical (unpaired) electrons. The van der Waals surface area contributed by atoms with Gasteiger partial charge < -0.3 is 0 Å². The molecule has 0 bridgehead atoms. The molecule has 1 heteroatoms. The molecule has 2 atom stereocenters. The van der Waals surface area contributed by atoms with Gasteiger partial charge in [-0.3, -0.25) is 0 Å². The van der Waals surface area contributed by atoms with Crippen LogP contribution in [0.4, 0.5) is 0 Å². The second-order valence-electron chi connectivity index (χ2n) is 3.96. The van der Waals surface area contributed by atoms with E-state index in [1.807, 2.05) is 0 Å². The van der Waals surface area contributed by atoms with Gasteiger partial charge >= 0.3 is 81.1 Å². The van der Waals surface area contributed by atoms with Crippen LogP contribution < -0.4 is 0 Å². The average molecular weight is 148 g/mol. The third-order valence-electron chi connectivity index (χ3n) is 2.79. The number of hydrogen-bond acceptors (Lipinski definition) is 0. The van der Waals surface area contributed by atoms with E-state index in [9.17, 15) is 0 Å². The molecule has 0 aromatic carbocycles. The zero-order valence-corrected chi connectivity index (χ0v) is 8.69. The van der Waals surface area contributed by atoms with Crippen LogP contribution >= 0.6 is 0 Å². The van der Waals surface area contributed by atoms with Crippen LogP contribution in [0, 0.1) is 11.8 Å². The van der Waals surface area contributed by atoms with Crippen molar-refractivity contribution >= 4 is 17.7 Å². The van der Waals surface area contributed by atoms with Crippen molar-refractivity contribution in [3.63, 3.8) is 0 Å². The van der Waals surface area contributed by atoms with E-state index in [-0.39, 0.29) is 0 Å². The molecule has 0 heterocycles. The van der Waals surface area contributed by atoms with Crippen molar-refractivity contribution in [1.29, 1.82) is 0 Å². The molecular weight excluding hydrogens is 127 g/mol. The SMILES string of the molecule is [Li][CH2]C(C)CCCC(C)CC. The third-order valence-corrected chi connectivity index (χ3v) is 2.79. The van der Waals surface area contributed by atoms with Gasteiger partial charge in [0.2, 0.25) is 0 Å². The fraction of sp³-hybridized carbons (Fsp3) is 1.00. The zero-order chi connectivity index (χ0) is 8.69. The van der Waals surface area contributed by atoms with Crippen molar-refractivity contribution < 1.29 is 0 Å². The molecule has 0 nitrogen and oxygen atoms in total. The molecule has 0 fully saturated rings. The Labute approximate surface area is 81.3 Å². The Morgan fingerprint density at radius 1 is 1.09 bits per heavy atom. The number of rotatable bonds is 6. The van der Waals surface area contributed by atoms with E-state index in [1.165, 1.54) is 30.8 Å². The molecule has 11 heavy (non-hydrogen) atoms. The fourth-order valence-corrected chi connectivity index (χ4v) is 1.22. The Morgan fingerprint density at radius 2 is 1.64 bits per heavy atom. The van der Waals surface area contributed by atoms with Gasteiger partial charge in [0, 0.05) is 0 Å². The van der Waals surface area contributed by atoms with Gasteiger partial charge in [0.25, 0.3) is 0 Å². The summed E-state index contributed by atoms with van der Waals surface area (Å²) in [6.45, 7) is 7.00. The first-order valence-electron chi connectivity index (χ1n) is 5.20. The van der Waals surface area contributed by atoms with Gasteiger partial charge in [-0.15, -0.1) is 0 Å². The quantitative estimate of drug-likeness (QED) is 0.506. The van der Waals surface area contributed by atoms with Crippen molar-refractivity contribution in [2.24, 2.45) is 11.8 Å². The Kier molecular flexibility index (Phi) is 7.65. The van der Waals surface area contributed by atoms with Crippen LogP contribution in [0.3, 0.4) is 0 Å². The molecule has 0 aliphatic heterocycles. The Morgan fingerprint density at radius 3 is 2.09 bits per heavy atom. The van der Waals surface area contributed by atoms with Gasteiger partial charge in [-0.05, 0) is 0 Å². The molecule has 0 saturated heterocycles. The molecule has 62 valence electrons. The Bertz CT molecular complexity index is 70.9. The Hall–Kier alpha value is 0.597. The maximum absolute atomic E-state index is 2.36. The standard InChI is InChI=1S/C10H21.Li/c1-5-10(4)8-6-7-9(2)3;/h9-10H,2,5-8H2,1,3-4H3;. The molecule has 0 rings (SSSR count). The summed E-state index contributed by atoms with van der Waals surface area (Å²) >= 11 is 2.29. The Balaban J connectivity index is 3.13. The van der Waals surface area contributed by atoms with Crippen LogP contribution in [-0.4, -0.2) is 17.7 Å². The van der Waals surface area contributed by atoms with Crippen LogP contribution in [0.25, 0.3) is 0 Å². The molecule has 0 aliphatic rings. The summed E-state index contributed by atoms with van der Waals surface area (Å²) in [4.78, 5) is 0. The summed E-state index contributed by atoms with van der Waals surface area (Å²) in [7, 11) is 0. The minimum atomic E-state index is 0.944. The second kappa shape index (κ2) is 7.26. The molecule has 0 amide bonds. The predicted octanol–water partition coefficient (Wildman–Crippen LogP) is 3.43. The summed E-state index contributed by atoms with van der Waals surface area (Å²) in [6, 6.07) is 0. The molecule has 0 aromatic heterocycles. The molecule has 0 aliphatic carbocycles. The first-order chi connectivity index (χ1) is 5.20. The van der Waals surface area contributed by atoms with Gasteiger partial charge in [-0.2, -0.15) is 0 Å². The molecular formula is C10H21Li. The number of hydrogen-bond donors (Lipinski definition) is 0. The van der Waals surface area contributed by atoms with Crippen LogP contribution in [-0.2, 0) is 0 Å². The van der Waals surface area contributed by atoms with Gasteiger partial charge in [0.15, 0.2) is 0 Å². The third kappa shape index (κ3) is 6.97. The van der Waals surface area contributed by atoms with Gasteiger partial charge in [-0.1, -0.05) is 0 Å². The fourth-order valence-electron chi connectivity index (χ4n) is 1.22. The van der Waals surface area contributed by atoms with Crippen molar-refractivity contribution in [2.75, 3.05) is 0 Å². The zero-order valence-electron chi connectivity index (χ0n) is 8.69. The monoisotopic (exact) mass is 148 g/mol. The molecule has 2 unspecified atom stereocenters. The second-order valence-corrected chi connectivity index (χ2v) is 3.96. The molecule has 0 N–H and O–H groups in total. The summed E-state index contributed by atoms with van der Waals surface area (Å²) in [6.07, 6.45) is 5.65.